The SMILES string of the molecule is CC1CC(C)CN(CCNC(=O)NCc2ccccc2)C1. The van der Waals surface area contributed by atoms with Crippen LogP contribution in [-0.4, -0.2) is 37.1 Å². The van der Waals surface area contributed by atoms with Crippen LogP contribution in [0.15, 0.2) is 30.3 Å². The van der Waals surface area contributed by atoms with Crippen LogP contribution in [0.25, 0.3) is 0 Å². The molecule has 21 heavy (non-hydrogen) atoms. The second-order valence-electron chi connectivity index (χ2n) is 6.30. The van der Waals surface area contributed by atoms with Gasteiger partial charge in [0.2, 0.25) is 0 Å². The maximum absolute atomic E-state index is 11.7. The Morgan fingerprint density at radius 2 is 1.81 bits per heavy atom. The number of nitrogens with zero attached hydrogens (tertiary/aromatic N) is 1. The first-order chi connectivity index (χ1) is 10.1. The topological polar surface area (TPSA) is 44.4 Å². The summed E-state index contributed by atoms with van der Waals surface area (Å²) in [5.41, 5.74) is 1.12. The number of benzene rings is 1. The van der Waals surface area contributed by atoms with Gasteiger partial charge in [-0.1, -0.05) is 44.2 Å². The lowest BCUT2D eigenvalue weighted by Gasteiger charge is -2.34. The van der Waals surface area contributed by atoms with Gasteiger partial charge in [-0.05, 0) is 23.8 Å². The summed E-state index contributed by atoms with van der Waals surface area (Å²) in [6.45, 7) is 9.14. The number of hydrogen-bond acceptors (Lipinski definition) is 2. The zero-order valence-electron chi connectivity index (χ0n) is 13.1. The standard InChI is InChI=1S/C17H27N3O/c1-14-10-15(2)13-20(12-14)9-8-18-17(21)19-11-16-6-4-3-5-7-16/h3-7,14-15H,8-13H2,1-2H3,(H2,18,19,21). The van der Waals surface area contributed by atoms with E-state index in [1.807, 2.05) is 30.3 Å². The number of nitrogens with one attached hydrogen (secondary N) is 2. The highest BCUT2D eigenvalue weighted by molar-refractivity contribution is 5.73. The van der Waals surface area contributed by atoms with Crippen molar-refractivity contribution in [2.45, 2.75) is 26.8 Å². The highest BCUT2D eigenvalue weighted by Gasteiger charge is 2.21. The monoisotopic (exact) mass is 289 g/mol. The van der Waals surface area contributed by atoms with E-state index in [0.29, 0.717) is 13.1 Å². The molecule has 116 valence electrons. The van der Waals surface area contributed by atoms with Crippen molar-refractivity contribution in [3.63, 3.8) is 0 Å². The molecule has 4 nitrogen and oxygen atoms in total. The van der Waals surface area contributed by atoms with Crippen molar-refractivity contribution in [3.8, 4) is 0 Å². The van der Waals surface area contributed by atoms with Gasteiger partial charge in [0.15, 0.2) is 0 Å². The van der Waals surface area contributed by atoms with Gasteiger partial charge >= 0.3 is 6.03 Å². The summed E-state index contributed by atoms with van der Waals surface area (Å²) in [7, 11) is 0. The van der Waals surface area contributed by atoms with Gasteiger partial charge in [-0.15, -0.1) is 0 Å². The molecule has 1 aromatic rings. The van der Waals surface area contributed by atoms with Gasteiger partial charge in [-0.2, -0.15) is 0 Å². The summed E-state index contributed by atoms with van der Waals surface area (Å²) >= 11 is 0. The predicted octanol–water partition coefficient (Wildman–Crippen LogP) is 2.46. The molecule has 2 atom stereocenters. The molecule has 1 aliphatic rings. The number of amides is 2. The van der Waals surface area contributed by atoms with Gasteiger partial charge in [-0.25, -0.2) is 4.79 Å². The third-order valence-electron chi connectivity index (χ3n) is 3.95. The Balaban J connectivity index is 1.61. The lowest BCUT2D eigenvalue weighted by molar-refractivity contribution is 0.142. The molecule has 0 aromatic heterocycles. The maximum atomic E-state index is 11.7. The number of urea groups is 1. The number of carbonyl (C=O) groups excluding carboxylic acids is 1. The Labute approximate surface area is 127 Å². The van der Waals surface area contributed by atoms with Crippen molar-refractivity contribution in [3.05, 3.63) is 35.9 Å². The van der Waals surface area contributed by atoms with Gasteiger partial charge in [-0.3, -0.25) is 0 Å². The molecule has 2 unspecified atom stereocenters. The highest BCUT2D eigenvalue weighted by Crippen LogP contribution is 2.20. The lowest BCUT2D eigenvalue weighted by Crippen LogP contribution is -2.44. The largest absolute Gasteiger partial charge is 0.337 e. The Bertz CT molecular complexity index is 425. The molecule has 0 spiro atoms. The fourth-order valence-electron chi connectivity index (χ4n) is 3.14. The van der Waals surface area contributed by atoms with Crippen LogP contribution in [0.4, 0.5) is 4.79 Å². The second-order valence-corrected chi connectivity index (χ2v) is 6.30. The quantitative estimate of drug-likeness (QED) is 0.874. The molecular weight excluding hydrogens is 262 g/mol. The summed E-state index contributed by atoms with van der Waals surface area (Å²) in [6, 6.07) is 9.87. The fourth-order valence-corrected chi connectivity index (χ4v) is 3.14. The van der Waals surface area contributed by atoms with Crippen LogP contribution in [0.5, 0.6) is 0 Å². The molecule has 4 heteroatoms. The van der Waals surface area contributed by atoms with Gasteiger partial charge in [0.1, 0.15) is 0 Å². The maximum Gasteiger partial charge on any atom is 0.315 e. The summed E-state index contributed by atoms with van der Waals surface area (Å²) in [4.78, 5) is 14.2. The third-order valence-corrected chi connectivity index (χ3v) is 3.95. The van der Waals surface area contributed by atoms with Crippen molar-refractivity contribution < 1.29 is 4.79 Å². The number of carbonyl (C=O) groups is 1. The van der Waals surface area contributed by atoms with Crippen LogP contribution in [0, 0.1) is 11.8 Å². The molecule has 1 heterocycles. The van der Waals surface area contributed by atoms with Gasteiger partial charge in [0, 0.05) is 32.7 Å². The second kappa shape index (κ2) is 8.03. The zero-order valence-corrected chi connectivity index (χ0v) is 13.1. The average Bonchev–Trinajstić information content (AvgIpc) is 2.45. The minimum absolute atomic E-state index is 0.0861. The molecule has 2 amide bonds. The molecule has 1 saturated heterocycles. The molecule has 2 N–H and O–H groups in total. The van der Waals surface area contributed by atoms with Crippen molar-refractivity contribution in [2.75, 3.05) is 26.2 Å². The summed E-state index contributed by atoms with van der Waals surface area (Å²) in [5, 5.41) is 5.82. The molecule has 0 aliphatic carbocycles. The number of rotatable bonds is 5. The molecule has 0 bridgehead atoms. The highest BCUT2D eigenvalue weighted by atomic mass is 16.2. The van der Waals surface area contributed by atoms with Crippen LogP contribution < -0.4 is 10.6 Å². The molecular formula is C17H27N3O. The van der Waals surface area contributed by atoms with Crippen molar-refractivity contribution >= 4 is 6.03 Å². The van der Waals surface area contributed by atoms with E-state index >= 15 is 0 Å². The van der Waals surface area contributed by atoms with E-state index < -0.39 is 0 Å². The number of likely N-dealkylation sites (tertiary alicyclic amines) is 1. The van der Waals surface area contributed by atoms with E-state index in [9.17, 15) is 4.79 Å². The Kier molecular flexibility index (Phi) is 6.05. The van der Waals surface area contributed by atoms with Crippen LogP contribution >= 0.6 is 0 Å². The molecule has 0 radical (unpaired) electrons. The van der Waals surface area contributed by atoms with E-state index in [1.165, 1.54) is 6.42 Å². The van der Waals surface area contributed by atoms with Crippen molar-refractivity contribution in [1.82, 2.24) is 15.5 Å². The first kappa shape index (κ1) is 15.8. The van der Waals surface area contributed by atoms with Crippen LogP contribution in [0.2, 0.25) is 0 Å². The lowest BCUT2D eigenvalue weighted by atomic mass is 9.92. The Hall–Kier alpha value is -1.55. The summed E-state index contributed by atoms with van der Waals surface area (Å²) in [6.07, 6.45) is 1.32. The first-order valence-corrected chi connectivity index (χ1v) is 7.91. The van der Waals surface area contributed by atoms with E-state index in [0.717, 1.165) is 37.0 Å². The van der Waals surface area contributed by atoms with Crippen LogP contribution in [-0.2, 0) is 6.54 Å². The zero-order chi connectivity index (χ0) is 15.1. The average molecular weight is 289 g/mol. The van der Waals surface area contributed by atoms with Gasteiger partial charge in [0.05, 0.1) is 0 Å². The number of piperidine rings is 1. The summed E-state index contributed by atoms with van der Waals surface area (Å²) in [5.74, 6) is 1.53. The summed E-state index contributed by atoms with van der Waals surface area (Å²) < 4.78 is 0. The molecule has 0 saturated carbocycles. The smallest absolute Gasteiger partial charge is 0.315 e. The van der Waals surface area contributed by atoms with Crippen LogP contribution in [0.1, 0.15) is 25.8 Å². The van der Waals surface area contributed by atoms with Crippen molar-refractivity contribution in [1.29, 1.82) is 0 Å². The Morgan fingerprint density at radius 3 is 2.48 bits per heavy atom. The number of hydrogen-bond donors (Lipinski definition) is 2. The third kappa shape index (κ3) is 5.76. The van der Waals surface area contributed by atoms with E-state index in [-0.39, 0.29) is 6.03 Å². The fraction of sp³-hybridized carbons (Fsp3) is 0.588. The first-order valence-electron chi connectivity index (χ1n) is 7.91. The van der Waals surface area contributed by atoms with Gasteiger partial charge < -0.3 is 15.5 Å². The van der Waals surface area contributed by atoms with E-state index in [4.69, 9.17) is 0 Å². The predicted molar refractivity (Wildman–Crippen MR) is 86.1 cm³/mol. The minimum Gasteiger partial charge on any atom is -0.337 e. The van der Waals surface area contributed by atoms with Gasteiger partial charge in [0.25, 0.3) is 0 Å². The molecule has 1 aromatic carbocycles. The molecule has 1 fully saturated rings. The van der Waals surface area contributed by atoms with Crippen molar-refractivity contribution in [2.24, 2.45) is 11.8 Å². The molecule has 2 rings (SSSR count). The molecule has 1 aliphatic heterocycles. The van der Waals surface area contributed by atoms with Crippen LogP contribution in [0.3, 0.4) is 0 Å². The Morgan fingerprint density at radius 1 is 1.14 bits per heavy atom. The minimum atomic E-state index is -0.0861. The normalized spacial score (nSPS) is 22.8. The van der Waals surface area contributed by atoms with E-state index in [2.05, 4.69) is 29.4 Å². The van der Waals surface area contributed by atoms with E-state index in [1.54, 1.807) is 0 Å².